The largest absolute Gasteiger partial charge is 0.334 e. The average molecular weight is 239 g/mol. The zero-order chi connectivity index (χ0) is 12.4. The van der Waals surface area contributed by atoms with Crippen LogP contribution in [0.4, 0.5) is 5.69 Å². The molecular formula is C9H13N5O3. The Hall–Kier alpha value is -1.96. The van der Waals surface area contributed by atoms with E-state index in [1.165, 1.54) is 6.92 Å². The highest BCUT2D eigenvalue weighted by atomic mass is 16.6. The summed E-state index contributed by atoms with van der Waals surface area (Å²) in [7, 11) is 0. The molecule has 1 saturated heterocycles. The molecule has 2 heterocycles. The van der Waals surface area contributed by atoms with Gasteiger partial charge in [-0.25, -0.2) is 0 Å². The fraction of sp³-hybridized carbons (Fsp3) is 0.556. The van der Waals surface area contributed by atoms with Crippen LogP contribution in [-0.2, 0) is 0 Å². The Labute approximate surface area is 97.1 Å². The van der Waals surface area contributed by atoms with E-state index in [1.807, 2.05) is 0 Å². The molecule has 0 atom stereocenters. The molecule has 1 fully saturated rings. The summed E-state index contributed by atoms with van der Waals surface area (Å²) >= 11 is 0. The second-order valence-corrected chi connectivity index (χ2v) is 3.85. The Morgan fingerprint density at radius 3 is 2.71 bits per heavy atom. The van der Waals surface area contributed by atoms with Crippen molar-refractivity contribution in [2.75, 3.05) is 26.2 Å². The second-order valence-electron chi connectivity index (χ2n) is 3.85. The van der Waals surface area contributed by atoms with Gasteiger partial charge in [-0.1, -0.05) is 0 Å². The number of hydrogen-bond donors (Lipinski definition) is 2. The highest BCUT2D eigenvalue weighted by Crippen LogP contribution is 2.21. The molecule has 1 aromatic rings. The van der Waals surface area contributed by atoms with Crippen LogP contribution < -0.4 is 5.32 Å². The molecule has 0 unspecified atom stereocenters. The molecule has 17 heavy (non-hydrogen) atoms. The number of aromatic amines is 1. The first kappa shape index (κ1) is 11.5. The third-order valence-corrected chi connectivity index (χ3v) is 2.70. The number of H-pyrrole nitrogens is 1. The van der Waals surface area contributed by atoms with E-state index in [2.05, 4.69) is 15.5 Å². The van der Waals surface area contributed by atoms with E-state index in [-0.39, 0.29) is 17.3 Å². The number of carbonyl (C=O) groups is 1. The van der Waals surface area contributed by atoms with Gasteiger partial charge in [0.2, 0.25) is 5.69 Å². The Bertz CT molecular complexity index is 449. The van der Waals surface area contributed by atoms with Crippen molar-refractivity contribution in [3.05, 3.63) is 21.5 Å². The van der Waals surface area contributed by atoms with E-state index in [9.17, 15) is 14.9 Å². The van der Waals surface area contributed by atoms with Crippen molar-refractivity contribution in [3.63, 3.8) is 0 Å². The van der Waals surface area contributed by atoms with Crippen molar-refractivity contribution in [2.45, 2.75) is 6.92 Å². The molecule has 0 spiro atoms. The number of piperazine rings is 1. The normalized spacial score (nSPS) is 15.9. The number of hydrogen-bond acceptors (Lipinski definition) is 5. The Morgan fingerprint density at radius 1 is 1.47 bits per heavy atom. The van der Waals surface area contributed by atoms with Crippen LogP contribution in [0.15, 0.2) is 0 Å². The predicted octanol–water partition coefficient (Wildman–Crippen LogP) is -0.328. The van der Waals surface area contributed by atoms with Gasteiger partial charge >= 0.3 is 5.69 Å². The summed E-state index contributed by atoms with van der Waals surface area (Å²) < 4.78 is 0. The smallest absolute Gasteiger partial charge is 0.322 e. The van der Waals surface area contributed by atoms with Crippen LogP contribution in [0.1, 0.15) is 16.2 Å². The number of nitrogens with zero attached hydrogens (tertiary/aromatic N) is 3. The summed E-state index contributed by atoms with van der Waals surface area (Å²) in [6, 6.07) is 0. The molecule has 8 nitrogen and oxygen atoms in total. The van der Waals surface area contributed by atoms with Crippen molar-refractivity contribution in [2.24, 2.45) is 0 Å². The van der Waals surface area contributed by atoms with E-state index < -0.39 is 4.92 Å². The Morgan fingerprint density at radius 2 is 2.12 bits per heavy atom. The topological polar surface area (TPSA) is 104 Å². The third-order valence-electron chi connectivity index (χ3n) is 2.70. The van der Waals surface area contributed by atoms with Gasteiger partial charge in [0.15, 0.2) is 0 Å². The summed E-state index contributed by atoms with van der Waals surface area (Å²) in [6.07, 6.45) is 0. The fourth-order valence-corrected chi connectivity index (χ4v) is 1.81. The molecule has 0 saturated carbocycles. The minimum atomic E-state index is -0.575. The average Bonchev–Trinajstić information content (AvgIpc) is 2.71. The maximum atomic E-state index is 12.0. The molecule has 2 rings (SSSR count). The van der Waals surface area contributed by atoms with Gasteiger partial charge in [0.05, 0.1) is 4.92 Å². The maximum absolute atomic E-state index is 12.0. The summed E-state index contributed by atoms with van der Waals surface area (Å²) in [5.74, 6) is -0.387. The fourth-order valence-electron chi connectivity index (χ4n) is 1.81. The standard InChI is InChI=1S/C9H13N5O3/c1-6-8(14(16)17)7(12-11-6)9(15)13-4-2-10-3-5-13/h10H,2-5H2,1H3,(H,11,12). The first-order valence-electron chi connectivity index (χ1n) is 5.30. The Kier molecular flexibility index (Phi) is 3.05. The molecule has 8 heteroatoms. The molecule has 0 radical (unpaired) electrons. The number of aromatic nitrogens is 2. The van der Waals surface area contributed by atoms with Crippen LogP contribution >= 0.6 is 0 Å². The first-order chi connectivity index (χ1) is 8.11. The number of carbonyl (C=O) groups excluding carboxylic acids is 1. The van der Waals surface area contributed by atoms with E-state index in [0.29, 0.717) is 31.9 Å². The summed E-state index contributed by atoms with van der Waals surface area (Å²) in [5.41, 5.74) is -0.0311. The minimum absolute atomic E-state index is 0.102. The molecule has 0 aliphatic carbocycles. The molecule has 1 aromatic heterocycles. The Balaban J connectivity index is 2.27. The van der Waals surface area contributed by atoms with Crippen molar-refractivity contribution < 1.29 is 9.72 Å². The van der Waals surface area contributed by atoms with Crippen molar-refractivity contribution >= 4 is 11.6 Å². The van der Waals surface area contributed by atoms with Crippen LogP contribution in [0.2, 0.25) is 0 Å². The molecule has 0 aromatic carbocycles. The van der Waals surface area contributed by atoms with Gasteiger partial charge in [0.1, 0.15) is 5.69 Å². The molecule has 1 aliphatic rings. The summed E-state index contributed by atoms with van der Waals surface area (Å²) in [4.78, 5) is 23.9. The van der Waals surface area contributed by atoms with Gasteiger partial charge in [-0.2, -0.15) is 5.10 Å². The van der Waals surface area contributed by atoms with Gasteiger partial charge < -0.3 is 10.2 Å². The second kappa shape index (κ2) is 4.50. The molecule has 1 amide bonds. The number of amides is 1. The van der Waals surface area contributed by atoms with E-state index in [4.69, 9.17) is 0 Å². The van der Waals surface area contributed by atoms with Crippen molar-refractivity contribution in [1.29, 1.82) is 0 Å². The third kappa shape index (κ3) is 2.11. The number of aryl methyl sites for hydroxylation is 1. The van der Waals surface area contributed by atoms with Gasteiger partial charge in [0.25, 0.3) is 5.91 Å². The first-order valence-corrected chi connectivity index (χ1v) is 5.30. The molecule has 2 N–H and O–H groups in total. The highest BCUT2D eigenvalue weighted by molar-refractivity contribution is 5.96. The molecular weight excluding hydrogens is 226 g/mol. The van der Waals surface area contributed by atoms with E-state index in [0.717, 1.165) is 0 Å². The number of nitro groups is 1. The van der Waals surface area contributed by atoms with Crippen molar-refractivity contribution in [1.82, 2.24) is 20.4 Å². The van der Waals surface area contributed by atoms with Gasteiger partial charge in [0, 0.05) is 26.2 Å². The number of nitrogens with one attached hydrogen (secondary N) is 2. The van der Waals surface area contributed by atoms with Gasteiger partial charge in [-0.05, 0) is 6.92 Å². The van der Waals surface area contributed by atoms with E-state index >= 15 is 0 Å². The maximum Gasteiger partial charge on any atom is 0.322 e. The van der Waals surface area contributed by atoms with Gasteiger partial charge in [-0.3, -0.25) is 20.0 Å². The predicted molar refractivity (Wildman–Crippen MR) is 58.8 cm³/mol. The highest BCUT2D eigenvalue weighted by Gasteiger charge is 2.30. The van der Waals surface area contributed by atoms with Crippen molar-refractivity contribution in [3.8, 4) is 0 Å². The van der Waals surface area contributed by atoms with Crippen LogP contribution in [-0.4, -0.2) is 52.1 Å². The minimum Gasteiger partial charge on any atom is -0.334 e. The summed E-state index contributed by atoms with van der Waals surface area (Å²) in [5, 5.41) is 20.2. The lowest BCUT2D eigenvalue weighted by atomic mass is 10.2. The van der Waals surface area contributed by atoms with Crippen LogP contribution in [0, 0.1) is 17.0 Å². The van der Waals surface area contributed by atoms with Crippen LogP contribution in [0.5, 0.6) is 0 Å². The molecule has 0 bridgehead atoms. The zero-order valence-electron chi connectivity index (χ0n) is 9.39. The lowest BCUT2D eigenvalue weighted by Crippen LogP contribution is -2.46. The molecule has 1 aliphatic heterocycles. The van der Waals surface area contributed by atoms with Gasteiger partial charge in [-0.15, -0.1) is 0 Å². The summed E-state index contributed by atoms with van der Waals surface area (Å²) in [6.45, 7) is 4.01. The zero-order valence-corrected chi connectivity index (χ0v) is 9.39. The SMILES string of the molecule is Cc1[nH]nc(C(=O)N2CCNCC2)c1[N+](=O)[O-]. The quantitative estimate of drug-likeness (QED) is 0.543. The van der Waals surface area contributed by atoms with Crippen LogP contribution in [0.25, 0.3) is 0 Å². The lowest BCUT2D eigenvalue weighted by Gasteiger charge is -2.26. The number of rotatable bonds is 2. The monoisotopic (exact) mass is 239 g/mol. The van der Waals surface area contributed by atoms with E-state index in [1.54, 1.807) is 4.90 Å². The van der Waals surface area contributed by atoms with Crippen LogP contribution in [0.3, 0.4) is 0 Å². The lowest BCUT2D eigenvalue weighted by molar-refractivity contribution is -0.385. The molecule has 92 valence electrons.